The fraction of sp³-hybridized carbons (Fsp3) is 0.250. The van der Waals surface area contributed by atoms with Crippen LogP contribution < -0.4 is 0 Å². The molecular weight excluding hydrogens is 343 g/mol. The van der Waals surface area contributed by atoms with Gasteiger partial charge in [-0.1, -0.05) is 41.9 Å². The predicted molar refractivity (Wildman–Crippen MR) is 84.2 cm³/mol. The Morgan fingerprint density at radius 1 is 1.22 bits per heavy atom. The summed E-state index contributed by atoms with van der Waals surface area (Å²) in [6.45, 7) is -0.201. The maximum absolute atomic E-state index is 13.2. The van der Waals surface area contributed by atoms with Crippen molar-refractivity contribution in [2.45, 2.75) is 11.7 Å². The van der Waals surface area contributed by atoms with Crippen molar-refractivity contribution < 1.29 is 21.7 Å². The Kier molecular flexibility index (Phi) is 4.18. The van der Waals surface area contributed by atoms with Crippen LogP contribution in [0.5, 0.6) is 0 Å². The number of halogens is 2. The molecule has 23 heavy (non-hydrogen) atoms. The van der Waals surface area contributed by atoms with Gasteiger partial charge >= 0.3 is 0 Å². The fourth-order valence-electron chi connectivity index (χ4n) is 2.52. The lowest BCUT2D eigenvalue weighted by Gasteiger charge is -2.14. The molecule has 0 N–H and O–H groups in total. The molecule has 1 aliphatic rings. The van der Waals surface area contributed by atoms with E-state index in [9.17, 15) is 12.8 Å². The first-order chi connectivity index (χ1) is 10.8. The van der Waals surface area contributed by atoms with Crippen molar-refractivity contribution in [2.75, 3.05) is 12.9 Å². The zero-order chi connectivity index (χ0) is 16.7. The van der Waals surface area contributed by atoms with Crippen molar-refractivity contribution in [1.29, 1.82) is 0 Å². The van der Waals surface area contributed by atoms with Gasteiger partial charge in [0.1, 0.15) is 24.1 Å². The van der Waals surface area contributed by atoms with Gasteiger partial charge in [-0.15, -0.1) is 0 Å². The van der Waals surface area contributed by atoms with Crippen molar-refractivity contribution in [2.24, 2.45) is 0 Å². The largest absolute Gasteiger partial charge is 0.353 e. The molecule has 122 valence electrons. The van der Waals surface area contributed by atoms with Crippen molar-refractivity contribution in [3.05, 3.63) is 70.5 Å². The first kappa shape index (κ1) is 16.4. The third kappa shape index (κ3) is 3.40. The summed E-state index contributed by atoms with van der Waals surface area (Å²) in [6.07, 6.45) is 0.515. The Morgan fingerprint density at radius 2 is 1.87 bits per heavy atom. The Hall–Kier alpha value is -1.47. The van der Waals surface area contributed by atoms with E-state index >= 15 is 0 Å². The van der Waals surface area contributed by atoms with Gasteiger partial charge in [-0.05, 0) is 23.8 Å². The maximum atomic E-state index is 13.2. The van der Waals surface area contributed by atoms with Crippen LogP contribution in [0.1, 0.15) is 17.2 Å². The Labute approximate surface area is 138 Å². The highest BCUT2D eigenvalue weighted by Gasteiger charge is 2.60. The summed E-state index contributed by atoms with van der Waals surface area (Å²) < 4.78 is 46.6. The molecule has 7 heteroatoms. The minimum absolute atomic E-state index is 0.201. The number of rotatable bonds is 5. The lowest BCUT2D eigenvalue weighted by molar-refractivity contribution is 0.194. The van der Waals surface area contributed by atoms with Crippen molar-refractivity contribution in [3.8, 4) is 0 Å². The number of benzene rings is 2. The van der Waals surface area contributed by atoms with E-state index in [0.717, 1.165) is 11.8 Å². The van der Waals surface area contributed by atoms with E-state index in [2.05, 4.69) is 0 Å². The van der Waals surface area contributed by atoms with E-state index in [1.165, 1.54) is 12.1 Å². The predicted octanol–water partition coefficient (Wildman–Crippen LogP) is 3.42. The quantitative estimate of drug-likeness (QED) is 0.608. The van der Waals surface area contributed by atoms with Gasteiger partial charge in [-0.3, -0.25) is 4.18 Å². The van der Waals surface area contributed by atoms with E-state index in [0.29, 0.717) is 10.6 Å². The van der Waals surface area contributed by atoms with Crippen molar-refractivity contribution in [3.63, 3.8) is 0 Å². The Bertz CT molecular complexity index is 822. The molecule has 4 nitrogen and oxygen atoms in total. The molecule has 0 aromatic heterocycles. The monoisotopic (exact) mass is 356 g/mol. The Balaban J connectivity index is 1.96. The zero-order valence-corrected chi connectivity index (χ0v) is 13.8. The molecule has 2 atom stereocenters. The van der Waals surface area contributed by atoms with Gasteiger partial charge in [0.15, 0.2) is 0 Å². The molecule has 0 bridgehead atoms. The molecule has 3 rings (SSSR count). The number of hydrogen-bond acceptors (Lipinski definition) is 4. The van der Waals surface area contributed by atoms with Gasteiger partial charge in [0, 0.05) is 10.6 Å². The molecular formula is C16H14ClFO4S. The van der Waals surface area contributed by atoms with Crippen LogP contribution in [0.2, 0.25) is 5.02 Å². The minimum atomic E-state index is -3.64. The molecule has 1 fully saturated rings. The van der Waals surface area contributed by atoms with Gasteiger partial charge in [-0.2, -0.15) is 8.42 Å². The molecule has 1 heterocycles. The summed E-state index contributed by atoms with van der Waals surface area (Å²) in [5, 5.41) is 0.515. The molecule has 0 aliphatic carbocycles. The average molecular weight is 357 g/mol. The van der Waals surface area contributed by atoms with Crippen LogP contribution in [-0.2, 0) is 24.6 Å². The molecule has 0 unspecified atom stereocenters. The van der Waals surface area contributed by atoms with E-state index in [1.54, 1.807) is 30.3 Å². The SMILES string of the molecule is CS(=O)(=O)OC[C@]1(c2ccc(F)cc2)O[C@@H]1c1ccccc1Cl. The normalized spacial score (nSPS) is 23.7. The van der Waals surface area contributed by atoms with Crippen LogP contribution in [0, 0.1) is 5.82 Å². The third-order valence-electron chi connectivity index (χ3n) is 3.70. The second-order valence-corrected chi connectivity index (χ2v) is 7.43. The molecule has 2 aromatic carbocycles. The molecule has 2 aromatic rings. The minimum Gasteiger partial charge on any atom is -0.353 e. The smallest absolute Gasteiger partial charge is 0.264 e. The summed E-state index contributed by atoms with van der Waals surface area (Å²) in [5.74, 6) is -0.386. The van der Waals surface area contributed by atoms with Crippen molar-refractivity contribution in [1.82, 2.24) is 0 Å². The number of epoxide rings is 1. The summed E-state index contributed by atoms with van der Waals surface area (Å²) in [6, 6.07) is 12.8. The topological polar surface area (TPSA) is 55.9 Å². The van der Waals surface area contributed by atoms with Gasteiger partial charge < -0.3 is 4.74 Å². The molecule has 0 radical (unpaired) electrons. The van der Waals surface area contributed by atoms with Crippen LogP contribution in [0.3, 0.4) is 0 Å². The third-order valence-corrected chi connectivity index (χ3v) is 4.59. The summed E-state index contributed by atoms with van der Waals surface area (Å²) >= 11 is 6.19. The second-order valence-electron chi connectivity index (χ2n) is 5.38. The van der Waals surface area contributed by atoms with Crippen LogP contribution in [0.25, 0.3) is 0 Å². The fourth-order valence-corrected chi connectivity index (χ4v) is 3.14. The summed E-state index contributed by atoms with van der Waals surface area (Å²) in [4.78, 5) is 0. The Morgan fingerprint density at radius 3 is 2.48 bits per heavy atom. The van der Waals surface area contributed by atoms with E-state index in [-0.39, 0.29) is 12.4 Å². The first-order valence-electron chi connectivity index (χ1n) is 6.84. The number of hydrogen-bond donors (Lipinski definition) is 0. The van der Waals surface area contributed by atoms with E-state index < -0.39 is 21.8 Å². The van der Waals surface area contributed by atoms with Gasteiger partial charge in [-0.25, -0.2) is 4.39 Å². The highest BCUT2D eigenvalue weighted by molar-refractivity contribution is 7.85. The highest BCUT2D eigenvalue weighted by atomic mass is 35.5. The van der Waals surface area contributed by atoms with Crippen LogP contribution >= 0.6 is 11.6 Å². The lowest BCUT2D eigenvalue weighted by atomic mass is 9.92. The highest BCUT2D eigenvalue weighted by Crippen LogP contribution is 2.58. The van der Waals surface area contributed by atoms with Gasteiger partial charge in [0.05, 0.1) is 6.26 Å². The first-order valence-corrected chi connectivity index (χ1v) is 9.04. The van der Waals surface area contributed by atoms with Gasteiger partial charge in [0.2, 0.25) is 0 Å². The van der Waals surface area contributed by atoms with Crippen LogP contribution in [0.15, 0.2) is 48.5 Å². The van der Waals surface area contributed by atoms with Crippen LogP contribution in [-0.4, -0.2) is 21.3 Å². The number of ether oxygens (including phenoxy) is 1. The standard InChI is InChI=1S/C16H14ClFO4S/c1-23(19,20)21-10-16(11-6-8-12(18)9-7-11)15(22-16)13-4-2-3-5-14(13)17/h2-9,15H,10H2,1H3/t15-,16-/m1/s1. The summed E-state index contributed by atoms with van der Waals surface area (Å²) in [5.41, 5.74) is 0.366. The van der Waals surface area contributed by atoms with Crippen molar-refractivity contribution >= 4 is 21.7 Å². The molecule has 1 saturated heterocycles. The van der Waals surface area contributed by atoms with E-state index in [4.69, 9.17) is 20.5 Å². The average Bonchev–Trinajstić information content (AvgIpc) is 3.21. The zero-order valence-electron chi connectivity index (χ0n) is 12.2. The molecule has 0 saturated carbocycles. The second kappa shape index (κ2) is 5.87. The lowest BCUT2D eigenvalue weighted by Crippen LogP contribution is -2.21. The van der Waals surface area contributed by atoms with E-state index in [1.807, 2.05) is 6.07 Å². The summed E-state index contributed by atoms with van der Waals surface area (Å²) in [7, 11) is -3.64. The molecule has 0 spiro atoms. The molecule has 1 aliphatic heterocycles. The maximum Gasteiger partial charge on any atom is 0.264 e. The van der Waals surface area contributed by atoms with Crippen LogP contribution in [0.4, 0.5) is 4.39 Å². The van der Waals surface area contributed by atoms with Gasteiger partial charge in [0.25, 0.3) is 10.1 Å². The molecule has 0 amide bonds.